The summed E-state index contributed by atoms with van der Waals surface area (Å²) in [5.41, 5.74) is 1.07. The number of hydrogen-bond acceptors (Lipinski definition) is 4. The van der Waals surface area contributed by atoms with Crippen LogP contribution in [0.1, 0.15) is 21.7 Å². The van der Waals surface area contributed by atoms with E-state index in [1.807, 2.05) is 37.1 Å². The molecule has 0 bridgehead atoms. The number of aryl methyl sites for hydroxylation is 1. The SMILES string of the molecule is CNC[C@@H]1CCN(C(=O)c2sc3ccc(OC)cc3c2C)C1. The van der Waals surface area contributed by atoms with Gasteiger partial charge in [0.25, 0.3) is 5.91 Å². The summed E-state index contributed by atoms with van der Waals surface area (Å²) in [6, 6.07) is 6.01. The first kappa shape index (κ1) is 15.3. The third-order valence-electron chi connectivity index (χ3n) is 4.40. The molecule has 0 spiro atoms. The topological polar surface area (TPSA) is 41.6 Å². The summed E-state index contributed by atoms with van der Waals surface area (Å²) in [6.07, 6.45) is 1.09. The molecule has 1 atom stereocenters. The Morgan fingerprint density at radius 1 is 1.50 bits per heavy atom. The van der Waals surface area contributed by atoms with Gasteiger partial charge in [-0.2, -0.15) is 0 Å². The van der Waals surface area contributed by atoms with Crippen LogP contribution >= 0.6 is 11.3 Å². The molecular weight excluding hydrogens is 296 g/mol. The Kier molecular flexibility index (Phi) is 4.36. The van der Waals surface area contributed by atoms with Crippen molar-refractivity contribution in [3.8, 4) is 5.75 Å². The third-order valence-corrected chi connectivity index (χ3v) is 5.66. The number of fused-ring (bicyclic) bond motifs is 1. The first-order valence-corrected chi connectivity index (χ1v) is 8.46. The predicted molar refractivity (Wildman–Crippen MR) is 91.1 cm³/mol. The number of nitrogens with one attached hydrogen (secondary N) is 1. The van der Waals surface area contributed by atoms with Gasteiger partial charge in [0.2, 0.25) is 0 Å². The van der Waals surface area contributed by atoms with E-state index in [4.69, 9.17) is 4.74 Å². The molecule has 4 nitrogen and oxygen atoms in total. The van der Waals surface area contributed by atoms with Gasteiger partial charge in [-0.05, 0) is 62.0 Å². The monoisotopic (exact) mass is 318 g/mol. The van der Waals surface area contributed by atoms with Gasteiger partial charge in [-0.25, -0.2) is 0 Å². The highest BCUT2D eigenvalue weighted by molar-refractivity contribution is 7.21. The molecule has 1 amide bonds. The highest BCUT2D eigenvalue weighted by Crippen LogP contribution is 2.34. The average Bonchev–Trinajstić information content (AvgIpc) is 3.12. The molecule has 1 aromatic carbocycles. The van der Waals surface area contributed by atoms with Gasteiger partial charge in [0.05, 0.1) is 12.0 Å². The van der Waals surface area contributed by atoms with Gasteiger partial charge in [-0.15, -0.1) is 11.3 Å². The fourth-order valence-electron chi connectivity index (χ4n) is 3.15. The van der Waals surface area contributed by atoms with Gasteiger partial charge in [0.15, 0.2) is 0 Å². The first-order chi connectivity index (χ1) is 10.6. The molecule has 2 aromatic rings. The molecule has 0 saturated carbocycles. The molecule has 1 aliphatic heterocycles. The van der Waals surface area contributed by atoms with E-state index in [0.29, 0.717) is 5.92 Å². The van der Waals surface area contributed by atoms with Gasteiger partial charge in [0.1, 0.15) is 5.75 Å². The maximum atomic E-state index is 12.8. The number of ether oxygens (including phenoxy) is 1. The minimum absolute atomic E-state index is 0.177. The number of amides is 1. The van der Waals surface area contributed by atoms with E-state index in [1.165, 1.54) is 0 Å². The summed E-state index contributed by atoms with van der Waals surface area (Å²) in [6.45, 7) is 4.73. The quantitative estimate of drug-likeness (QED) is 0.942. The lowest BCUT2D eigenvalue weighted by Crippen LogP contribution is -2.30. The van der Waals surface area contributed by atoms with Crippen LogP contribution in [0, 0.1) is 12.8 Å². The van der Waals surface area contributed by atoms with Crippen molar-refractivity contribution in [2.75, 3.05) is 33.8 Å². The first-order valence-electron chi connectivity index (χ1n) is 7.65. The molecule has 1 N–H and O–H groups in total. The number of methoxy groups -OCH3 is 1. The minimum Gasteiger partial charge on any atom is -0.497 e. The molecule has 1 aromatic heterocycles. The summed E-state index contributed by atoms with van der Waals surface area (Å²) >= 11 is 1.59. The normalized spacial score (nSPS) is 18.1. The maximum Gasteiger partial charge on any atom is 0.264 e. The molecule has 0 radical (unpaired) electrons. The number of nitrogens with zero attached hydrogens (tertiary/aromatic N) is 1. The Morgan fingerprint density at radius 2 is 2.32 bits per heavy atom. The Balaban J connectivity index is 1.87. The minimum atomic E-state index is 0.177. The number of likely N-dealkylation sites (tertiary alicyclic amines) is 1. The molecule has 5 heteroatoms. The molecule has 1 aliphatic rings. The molecule has 1 saturated heterocycles. The van der Waals surface area contributed by atoms with E-state index in [9.17, 15) is 4.79 Å². The summed E-state index contributed by atoms with van der Waals surface area (Å²) in [5, 5.41) is 4.33. The smallest absolute Gasteiger partial charge is 0.264 e. The number of carbonyl (C=O) groups excluding carboxylic acids is 1. The molecule has 1 fully saturated rings. The summed E-state index contributed by atoms with van der Waals surface area (Å²) in [7, 11) is 3.63. The summed E-state index contributed by atoms with van der Waals surface area (Å²) in [4.78, 5) is 15.7. The van der Waals surface area contributed by atoms with Crippen molar-refractivity contribution >= 4 is 27.3 Å². The second kappa shape index (κ2) is 6.26. The van der Waals surface area contributed by atoms with Crippen LogP contribution in [-0.4, -0.2) is 44.6 Å². The molecule has 22 heavy (non-hydrogen) atoms. The number of carbonyl (C=O) groups is 1. The standard InChI is InChI=1S/C17H22N2O2S/c1-11-14-8-13(21-3)4-5-15(14)22-16(11)17(20)19-7-6-12(10-19)9-18-2/h4-5,8,12,18H,6-7,9-10H2,1-3H3/t12-/m0/s1. The van der Waals surface area contributed by atoms with Crippen molar-refractivity contribution < 1.29 is 9.53 Å². The number of thiophene rings is 1. The Hall–Kier alpha value is -1.59. The van der Waals surface area contributed by atoms with Crippen molar-refractivity contribution in [2.24, 2.45) is 5.92 Å². The van der Waals surface area contributed by atoms with Crippen LogP contribution in [0.4, 0.5) is 0 Å². The van der Waals surface area contributed by atoms with Gasteiger partial charge in [-0.3, -0.25) is 4.79 Å². The fourth-order valence-corrected chi connectivity index (χ4v) is 4.30. The van der Waals surface area contributed by atoms with Crippen molar-refractivity contribution in [3.63, 3.8) is 0 Å². The molecule has 3 rings (SSSR count). The van der Waals surface area contributed by atoms with E-state index in [1.54, 1.807) is 18.4 Å². The van der Waals surface area contributed by atoms with Crippen LogP contribution in [-0.2, 0) is 0 Å². The van der Waals surface area contributed by atoms with Crippen LogP contribution in [0.25, 0.3) is 10.1 Å². The Morgan fingerprint density at radius 3 is 3.05 bits per heavy atom. The second-order valence-electron chi connectivity index (χ2n) is 5.88. The van der Waals surface area contributed by atoms with Crippen LogP contribution in [0.5, 0.6) is 5.75 Å². The van der Waals surface area contributed by atoms with Gasteiger partial charge >= 0.3 is 0 Å². The third kappa shape index (κ3) is 2.71. The highest BCUT2D eigenvalue weighted by atomic mass is 32.1. The summed E-state index contributed by atoms with van der Waals surface area (Å²) < 4.78 is 6.44. The number of rotatable bonds is 4. The maximum absolute atomic E-state index is 12.8. The van der Waals surface area contributed by atoms with E-state index >= 15 is 0 Å². The van der Waals surface area contributed by atoms with Crippen molar-refractivity contribution in [2.45, 2.75) is 13.3 Å². The van der Waals surface area contributed by atoms with Crippen LogP contribution in [0.3, 0.4) is 0 Å². The highest BCUT2D eigenvalue weighted by Gasteiger charge is 2.28. The van der Waals surface area contributed by atoms with Gasteiger partial charge in [-0.1, -0.05) is 0 Å². The zero-order valence-corrected chi connectivity index (χ0v) is 14.1. The molecule has 2 heterocycles. The Bertz CT molecular complexity index is 695. The van der Waals surface area contributed by atoms with Crippen molar-refractivity contribution in [3.05, 3.63) is 28.6 Å². The van der Waals surface area contributed by atoms with Gasteiger partial charge in [0, 0.05) is 17.8 Å². The lowest BCUT2D eigenvalue weighted by molar-refractivity contribution is 0.0791. The Labute approximate surface area is 135 Å². The van der Waals surface area contributed by atoms with Crippen molar-refractivity contribution in [1.29, 1.82) is 0 Å². The summed E-state index contributed by atoms with van der Waals surface area (Å²) in [5.74, 6) is 1.59. The van der Waals surface area contributed by atoms with E-state index in [-0.39, 0.29) is 5.91 Å². The number of benzene rings is 1. The molecule has 0 aliphatic carbocycles. The van der Waals surface area contributed by atoms with Crippen molar-refractivity contribution in [1.82, 2.24) is 10.2 Å². The molecule has 118 valence electrons. The zero-order chi connectivity index (χ0) is 15.7. The lowest BCUT2D eigenvalue weighted by atomic mass is 10.1. The average molecular weight is 318 g/mol. The van der Waals surface area contributed by atoms with E-state index in [0.717, 1.165) is 52.3 Å². The zero-order valence-electron chi connectivity index (χ0n) is 13.3. The second-order valence-corrected chi connectivity index (χ2v) is 6.93. The van der Waals surface area contributed by atoms with E-state index in [2.05, 4.69) is 5.32 Å². The van der Waals surface area contributed by atoms with Gasteiger partial charge < -0.3 is 15.0 Å². The lowest BCUT2D eigenvalue weighted by Gasteiger charge is -2.16. The van der Waals surface area contributed by atoms with Crippen LogP contribution in [0.2, 0.25) is 0 Å². The van der Waals surface area contributed by atoms with Crippen LogP contribution < -0.4 is 10.1 Å². The molecular formula is C17H22N2O2S. The largest absolute Gasteiger partial charge is 0.497 e. The fraction of sp³-hybridized carbons (Fsp3) is 0.471. The predicted octanol–water partition coefficient (Wildman–Crippen LogP) is 2.90. The number of hydrogen-bond donors (Lipinski definition) is 1. The molecule has 0 unspecified atom stereocenters. The van der Waals surface area contributed by atoms with Crippen LogP contribution in [0.15, 0.2) is 18.2 Å². The van der Waals surface area contributed by atoms with E-state index < -0.39 is 0 Å².